The summed E-state index contributed by atoms with van der Waals surface area (Å²) in [5, 5.41) is 10.2. The summed E-state index contributed by atoms with van der Waals surface area (Å²) in [6.45, 7) is 3.64. The van der Waals surface area contributed by atoms with E-state index in [0.29, 0.717) is 17.9 Å². The molecule has 0 aliphatic heterocycles. The van der Waals surface area contributed by atoms with Crippen molar-refractivity contribution in [2.24, 2.45) is 0 Å². The molecule has 1 aromatic rings. The van der Waals surface area contributed by atoms with Crippen LogP contribution in [0, 0.1) is 0 Å². The van der Waals surface area contributed by atoms with Crippen LogP contribution in [0.4, 0.5) is 0 Å². The summed E-state index contributed by atoms with van der Waals surface area (Å²) in [5.74, 6) is 0.300. The summed E-state index contributed by atoms with van der Waals surface area (Å²) in [5.41, 5.74) is -0.565. The van der Waals surface area contributed by atoms with E-state index in [0.717, 1.165) is 0 Å². The summed E-state index contributed by atoms with van der Waals surface area (Å²) >= 11 is 0. The lowest BCUT2D eigenvalue weighted by atomic mass is 9.92. The van der Waals surface area contributed by atoms with Gasteiger partial charge in [0.15, 0.2) is 0 Å². The van der Waals surface area contributed by atoms with Crippen LogP contribution >= 0.6 is 0 Å². The molecular formula is C13H18O4. The number of methoxy groups -OCH3 is 1. The minimum Gasteiger partial charge on any atom is -0.497 e. The van der Waals surface area contributed by atoms with Crippen molar-refractivity contribution >= 4 is 5.97 Å². The molecule has 0 aliphatic carbocycles. The molecule has 1 unspecified atom stereocenters. The third-order valence-corrected chi connectivity index (χ3v) is 2.51. The number of aliphatic hydroxyl groups is 1. The first-order valence-corrected chi connectivity index (χ1v) is 5.52. The molecule has 0 saturated carbocycles. The highest BCUT2D eigenvalue weighted by Crippen LogP contribution is 2.26. The Morgan fingerprint density at radius 2 is 1.94 bits per heavy atom. The van der Waals surface area contributed by atoms with E-state index < -0.39 is 11.6 Å². The highest BCUT2D eigenvalue weighted by molar-refractivity contribution is 5.71. The van der Waals surface area contributed by atoms with Gasteiger partial charge in [-0.05, 0) is 31.5 Å². The Labute approximate surface area is 101 Å². The molecule has 94 valence electrons. The van der Waals surface area contributed by atoms with Gasteiger partial charge in [0.1, 0.15) is 5.75 Å². The number of rotatable bonds is 5. The number of benzene rings is 1. The normalized spacial score (nSPS) is 13.9. The van der Waals surface area contributed by atoms with Gasteiger partial charge in [-0.2, -0.15) is 0 Å². The molecule has 0 aliphatic rings. The summed E-state index contributed by atoms with van der Waals surface area (Å²) in [6, 6.07) is 6.96. The fourth-order valence-corrected chi connectivity index (χ4v) is 1.55. The predicted molar refractivity (Wildman–Crippen MR) is 63.8 cm³/mol. The van der Waals surface area contributed by atoms with E-state index in [1.54, 1.807) is 45.2 Å². The van der Waals surface area contributed by atoms with E-state index in [4.69, 9.17) is 9.47 Å². The molecule has 0 bridgehead atoms. The first-order valence-electron chi connectivity index (χ1n) is 5.52. The van der Waals surface area contributed by atoms with Crippen molar-refractivity contribution in [1.82, 2.24) is 0 Å². The smallest absolute Gasteiger partial charge is 0.309 e. The Morgan fingerprint density at radius 1 is 1.35 bits per heavy atom. The maximum atomic E-state index is 11.3. The molecule has 0 aromatic heterocycles. The lowest BCUT2D eigenvalue weighted by Crippen LogP contribution is -2.26. The van der Waals surface area contributed by atoms with E-state index >= 15 is 0 Å². The van der Waals surface area contributed by atoms with Crippen LogP contribution in [0.15, 0.2) is 24.3 Å². The first-order chi connectivity index (χ1) is 7.99. The predicted octanol–water partition coefficient (Wildman–Crippen LogP) is 1.86. The van der Waals surface area contributed by atoms with Gasteiger partial charge in [0.2, 0.25) is 0 Å². The number of carbonyl (C=O) groups excluding carboxylic acids is 1. The molecule has 0 heterocycles. The Hall–Kier alpha value is -1.55. The SMILES string of the molecule is CCOC(=O)CC(C)(O)c1ccc(OC)cc1. The molecule has 1 rings (SSSR count). The van der Waals surface area contributed by atoms with Gasteiger partial charge in [0.25, 0.3) is 0 Å². The Morgan fingerprint density at radius 3 is 2.41 bits per heavy atom. The number of hydrogen-bond acceptors (Lipinski definition) is 4. The van der Waals surface area contributed by atoms with Crippen molar-refractivity contribution in [3.05, 3.63) is 29.8 Å². The standard InChI is InChI=1S/C13H18O4/c1-4-17-12(14)9-13(2,15)10-5-7-11(16-3)8-6-10/h5-8,15H,4,9H2,1-3H3. The number of ether oxygens (including phenoxy) is 2. The zero-order valence-electron chi connectivity index (χ0n) is 10.4. The number of carbonyl (C=O) groups is 1. The molecule has 4 heteroatoms. The van der Waals surface area contributed by atoms with E-state index in [9.17, 15) is 9.90 Å². The van der Waals surface area contributed by atoms with Gasteiger partial charge < -0.3 is 14.6 Å². The average Bonchev–Trinajstić information content (AvgIpc) is 2.28. The molecule has 1 atom stereocenters. The van der Waals surface area contributed by atoms with Gasteiger partial charge in [0, 0.05) is 0 Å². The molecule has 0 spiro atoms. The lowest BCUT2D eigenvalue weighted by Gasteiger charge is -2.22. The highest BCUT2D eigenvalue weighted by atomic mass is 16.5. The van der Waals surface area contributed by atoms with Crippen LogP contribution in [0.3, 0.4) is 0 Å². The molecule has 0 amide bonds. The monoisotopic (exact) mass is 238 g/mol. The zero-order valence-corrected chi connectivity index (χ0v) is 10.4. The average molecular weight is 238 g/mol. The van der Waals surface area contributed by atoms with E-state index in [1.807, 2.05) is 0 Å². The van der Waals surface area contributed by atoms with Crippen molar-refractivity contribution in [2.45, 2.75) is 25.9 Å². The number of hydrogen-bond donors (Lipinski definition) is 1. The van der Waals surface area contributed by atoms with Crippen LogP contribution in [0.25, 0.3) is 0 Å². The summed E-state index contributed by atoms with van der Waals surface area (Å²) < 4.78 is 9.85. The van der Waals surface area contributed by atoms with Gasteiger partial charge in [-0.25, -0.2) is 0 Å². The van der Waals surface area contributed by atoms with E-state index in [2.05, 4.69) is 0 Å². The van der Waals surface area contributed by atoms with Gasteiger partial charge >= 0.3 is 5.97 Å². The summed E-state index contributed by atoms with van der Waals surface area (Å²) in [7, 11) is 1.58. The zero-order chi connectivity index (χ0) is 12.9. The van der Waals surface area contributed by atoms with Crippen molar-refractivity contribution in [2.75, 3.05) is 13.7 Å². The van der Waals surface area contributed by atoms with Crippen molar-refractivity contribution in [3.8, 4) is 5.75 Å². The van der Waals surface area contributed by atoms with Crippen LogP contribution < -0.4 is 4.74 Å². The third kappa shape index (κ3) is 3.75. The molecule has 1 N–H and O–H groups in total. The van der Waals surface area contributed by atoms with E-state index in [1.165, 1.54) is 0 Å². The molecule has 4 nitrogen and oxygen atoms in total. The summed E-state index contributed by atoms with van der Waals surface area (Å²) in [4.78, 5) is 11.3. The van der Waals surface area contributed by atoms with Crippen molar-refractivity contribution < 1.29 is 19.4 Å². The summed E-state index contributed by atoms with van der Waals surface area (Å²) in [6.07, 6.45) is -0.0623. The largest absolute Gasteiger partial charge is 0.497 e. The molecule has 0 saturated heterocycles. The van der Waals surface area contributed by atoms with Gasteiger partial charge in [-0.15, -0.1) is 0 Å². The highest BCUT2D eigenvalue weighted by Gasteiger charge is 2.27. The third-order valence-electron chi connectivity index (χ3n) is 2.51. The number of esters is 1. The van der Waals surface area contributed by atoms with Crippen LogP contribution in [-0.4, -0.2) is 24.8 Å². The maximum absolute atomic E-state index is 11.3. The fraction of sp³-hybridized carbons (Fsp3) is 0.462. The quantitative estimate of drug-likeness (QED) is 0.795. The molecule has 17 heavy (non-hydrogen) atoms. The minimum atomic E-state index is -1.22. The van der Waals surface area contributed by atoms with Crippen LogP contribution in [-0.2, 0) is 15.1 Å². The van der Waals surface area contributed by atoms with Crippen LogP contribution in [0.1, 0.15) is 25.8 Å². The second-order valence-corrected chi connectivity index (χ2v) is 3.98. The molecular weight excluding hydrogens is 220 g/mol. The Kier molecular flexibility index (Phi) is 4.52. The van der Waals surface area contributed by atoms with Gasteiger partial charge in [-0.3, -0.25) is 4.79 Å². The Bertz CT molecular complexity index is 368. The van der Waals surface area contributed by atoms with Crippen molar-refractivity contribution in [3.63, 3.8) is 0 Å². The first kappa shape index (κ1) is 13.5. The second-order valence-electron chi connectivity index (χ2n) is 3.98. The fourth-order valence-electron chi connectivity index (χ4n) is 1.55. The van der Waals surface area contributed by atoms with E-state index in [-0.39, 0.29) is 6.42 Å². The second kappa shape index (κ2) is 5.68. The van der Waals surface area contributed by atoms with Gasteiger partial charge in [0.05, 0.1) is 25.7 Å². The topological polar surface area (TPSA) is 55.8 Å². The maximum Gasteiger partial charge on any atom is 0.309 e. The molecule has 0 radical (unpaired) electrons. The Balaban J connectivity index is 2.77. The van der Waals surface area contributed by atoms with Crippen LogP contribution in [0.2, 0.25) is 0 Å². The minimum absolute atomic E-state index is 0.0623. The molecule has 1 aromatic carbocycles. The van der Waals surface area contributed by atoms with Crippen molar-refractivity contribution in [1.29, 1.82) is 0 Å². The lowest BCUT2D eigenvalue weighted by molar-refractivity contribution is -0.148. The van der Waals surface area contributed by atoms with Crippen LogP contribution in [0.5, 0.6) is 5.75 Å². The molecule has 0 fully saturated rings. The van der Waals surface area contributed by atoms with Gasteiger partial charge in [-0.1, -0.05) is 12.1 Å².